The lowest BCUT2D eigenvalue weighted by molar-refractivity contribution is -0.146. The van der Waals surface area contributed by atoms with Crippen LogP contribution < -0.4 is 5.32 Å². The molecule has 0 spiro atoms. The quantitative estimate of drug-likeness (QED) is 0.516. The lowest BCUT2D eigenvalue weighted by Crippen LogP contribution is -2.48. The fourth-order valence-electron chi connectivity index (χ4n) is 4.68. The summed E-state index contributed by atoms with van der Waals surface area (Å²) in [6.07, 6.45) is -0.724. The maximum atomic E-state index is 13.7. The summed E-state index contributed by atoms with van der Waals surface area (Å²) in [6.45, 7) is 0.124. The Hall–Kier alpha value is -3.72. The average Bonchev–Trinajstić information content (AvgIpc) is 3.54. The fraction of sp³-hybridized carbons (Fsp3) is 0.269. The van der Waals surface area contributed by atoms with Crippen LogP contribution in [-0.4, -0.2) is 43.1 Å². The van der Waals surface area contributed by atoms with E-state index in [4.69, 9.17) is 9.47 Å². The number of likely N-dealkylation sites (tertiary alicyclic amines) is 1. The van der Waals surface area contributed by atoms with E-state index in [0.717, 1.165) is 10.4 Å². The number of benzene rings is 2. The summed E-state index contributed by atoms with van der Waals surface area (Å²) >= 11 is 1.38. The molecule has 1 N–H and O–H groups in total. The Morgan fingerprint density at radius 1 is 0.971 bits per heavy atom. The van der Waals surface area contributed by atoms with Gasteiger partial charge in [-0.05, 0) is 34.7 Å². The number of amides is 2. The molecule has 0 saturated carbocycles. The summed E-state index contributed by atoms with van der Waals surface area (Å²) in [5, 5.41) is 4.70. The standard InChI is InChI=1S/C26H25FN2O5S/c1-33-25(31)21-20(17-7-4-3-5-8-17)23(24(30)28-15-16-10-12-18(27)13-11-16)29(26(32)34-2)22(21)19-9-6-14-35-19/h3-14,20-23H,15H2,1-2H3,(H,28,30). The Morgan fingerprint density at radius 3 is 2.29 bits per heavy atom. The predicted octanol–water partition coefficient (Wildman–Crippen LogP) is 4.27. The molecule has 2 aromatic carbocycles. The lowest BCUT2D eigenvalue weighted by Gasteiger charge is -2.29. The van der Waals surface area contributed by atoms with Crippen LogP contribution in [0.15, 0.2) is 72.1 Å². The van der Waals surface area contributed by atoms with Gasteiger partial charge in [0.1, 0.15) is 11.9 Å². The highest BCUT2D eigenvalue weighted by atomic mass is 32.1. The number of nitrogens with one attached hydrogen (secondary N) is 1. The first-order valence-electron chi connectivity index (χ1n) is 11.0. The number of hydrogen-bond donors (Lipinski definition) is 1. The molecule has 2 amide bonds. The minimum atomic E-state index is -1.05. The first kappa shape index (κ1) is 24.4. The molecule has 3 aromatic rings. The largest absolute Gasteiger partial charge is 0.469 e. The van der Waals surface area contributed by atoms with Crippen molar-refractivity contribution in [3.63, 3.8) is 0 Å². The zero-order valence-corrected chi connectivity index (χ0v) is 20.0. The summed E-state index contributed by atoms with van der Waals surface area (Å²) in [5.41, 5.74) is 1.41. The van der Waals surface area contributed by atoms with Crippen molar-refractivity contribution in [1.82, 2.24) is 10.2 Å². The molecule has 7 nitrogen and oxygen atoms in total. The number of carbonyl (C=O) groups excluding carboxylic acids is 3. The van der Waals surface area contributed by atoms with E-state index < -0.39 is 41.9 Å². The average molecular weight is 497 g/mol. The molecular weight excluding hydrogens is 471 g/mol. The summed E-state index contributed by atoms with van der Waals surface area (Å²) in [6, 6.07) is 16.7. The molecular formula is C26H25FN2O5S. The predicted molar refractivity (Wildman–Crippen MR) is 128 cm³/mol. The van der Waals surface area contributed by atoms with E-state index >= 15 is 0 Å². The molecule has 9 heteroatoms. The molecule has 182 valence electrons. The van der Waals surface area contributed by atoms with Crippen LogP contribution in [0.25, 0.3) is 0 Å². The highest BCUT2D eigenvalue weighted by molar-refractivity contribution is 7.10. The van der Waals surface area contributed by atoms with Crippen molar-refractivity contribution in [2.24, 2.45) is 5.92 Å². The minimum Gasteiger partial charge on any atom is -0.469 e. The number of esters is 1. The van der Waals surface area contributed by atoms with E-state index in [1.807, 2.05) is 47.8 Å². The van der Waals surface area contributed by atoms with Gasteiger partial charge in [-0.25, -0.2) is 9.18 Å². The van der Waals surface area contributed by atoms with Gasteiger partial charge in [0.05, 0.1) is 26.2 Å². The molecule has 1 aliphatic rings. The van der Waals surface area contributed by atoms with Crippen LogP contribution >= 0.6 is 11.3 Å². The Bertz CT molecular complexity index is 1170. The van der Waals surface area contributed by atoms with Crippen LogP contribution in [0.4, 0.5) is 9.18 Å². The molecule has 2 heterocycles. The molecule has 1 saturated heterocycles. The van der Waals surface area contributed by atoms with Crippen LogP contribution in [-0.2, 0) is 25.6 Å². The molecule has 35 heavy (non-hydrogen) atoms. The Kier molecular flexibility index (Phi) is 7.45. The van der Waals surface area contributed by atoms with Crippen molar-refractivity contribution in [2.45, 2.75) is 24.5 Å². The van der Waals surface area contributed by atoms with Gasteiger partial charge in [-0.1, -0.05) is 48.5 Å². The van der Waals surface area contributed by atoms with Gasteiger partial charge in [-0.3, -0.25) is 14.5 Å². The molecule has 4 unspecified atom stereocenters. The number of nitrogens with zero attached hydrogens (tertiary/aromatic N) is 1. The molecule has 4 rings (SSSR count). The van der Waals surface area contributed by atoms with E-state index in [0.29, 0.717) is 5.56 Å². The number of methoxy groups -OCH3 is 2. The van der Waals surface area contributed by atoms with Gasteiger partial charge >= 0.3 is 12.1 Å². The topological polar surface area (TPSA) is 84.9 Å². The lowest BCUT2D eigenvalue weighted by atomic mass is 9.81. The molecule has 1 fully saturated rings. The molecule has 1 aromatic heterocycles. The van der Waals surface area contributed by atoms with E-state index in [1.54, 1.807) is 12.1 Å². The summed E-state index contributed by atoms with van der Waals surface area (Å²) in [5.74, 6) is -2.90. The second-order valence-electron chi connectivity index (χ2n) is 8.11. The maximum absolute atomic E-state index is 13.7. The maximum Gasteiger partial charge on any atom is 0.410 e. The zero-order valence-electron chi connectivity index (χ0n) is 19.2. The van der Waals surface area contributed by atoms with Crippen molar-refractivity contribution in [3.05, 3.63) is 93.9 Å². The SMILES string of the molecule is COC(=O)C1C(c2ccccc2)C(C(=O)NCc2ccc(F)cc2)N(C(=O)OC)C1c1cccs1. The van der Waals surface area contributed by atoms with Crippen molar-refractivity contribution >= 4 is 29.3 Å². The van der Waals surface area contributed by atoms with Crippen LogP contribution in [0.2, 0.25) is 0 Å². The van der Waals surface area contributed by atoms with Crippen molar-refractivity contribution < 1.29 is 28.2 Å². The Labute approximate surface area is 206 Å². The van der Waals surface area contributed by atoms with Gasteiger partial charge in [-0.2, -0.15) is 0 Å². The molecule has 0 aliphatic carbocycles. The summed E-state index contributed by atoms with van der Waals surface area (Å²) < 4.78 is 23.5. The third-order valence-electron chi connectivity index (χ3n) is 6.19. The Morgan fingerprint density at radius 2 is 1.69 bits per heavy atom. The number of rotatable bonds is 6. The smallest absolute Gasteiger partial charge is 0.410 e. The molecule has 0 bridgehead atoms. The van der Waals surface area contributed by atoms with E-state index in [2.05, 4.69) is 5.32 Å². The van der Waals surface area contributed by atoms with Crippen LogP contribution in [0.3, 0.4) is 0 Å². The van der Waals surface area contributed by atoms with E-state index in [1.165, 1.54) is 42.6 Å². The van der Waals surface area contributed by atoms with Crippen molar-refractivity contribution in [1.29, 1.82) is 0 Å². The van der Waals surface area contributed by atoms with Gasteiger partial charge in [0.15, 0.2) is 0 Å². The van der Waals surface area contributed by atoms with Gasteiger partial charge in [0.2, 0.25) is 5.91 Å². The van der Waals surface area contributed by atoms with Crippen LogP contribution in [0, 0.1) is 11.7 Å². The van der Waals surface area contributed by atoms with Gasteiger partial charge < -0.3 is 14.8 Å². The number of halogens is 1. The van der Waals surface area contributed by atoms with Gasteiger partial charge in [-0.15, -0.1) is 11.3 Å². The third kappa shape index (κ3) is 4.90. The molecule has 0 radical (unpaired) electrons. The van der Waals surface area contributed by atoms with Crippen LogP contribution in [0.5, 0.6) is 0 Å². The first-order chi connectivity index (χ1) is 17.0. The van der Waals surface area contributed by atoms with Gasteiger partial charge in [0.25, 0.3) is 0 Å². The number of thiophene rings is 1. The third-order valence-corrected chi connectivity index (χ3v) is 7.14. The number of hydrogen-bond acceptors (Lipinski definition) is 6. The fourth-order valence-corrected chi connectivity index (χ4v) is 5.55. The van der Waals surface area contributed by atoms with Gasteiger partial charge in [0, 0.05) is 17.3 Å². The monoisotopic (exact) mass is 496 g/mol. The van der Waals surface area contributed by atoms with E-state index in [-0.39, 0.29) is 12.4 Å². The highest BCUT2D eigenvalue weighted by Gasteiger charge is 2.58. The van der Waals surface area contributed by atoms with Crippen molar-refractivity contribution in [3.8, 4) is 0 Å². The summed E-state index contributed by atoms with van der Waals surface area (Å²) in [4.78, 5) is 42.1. The van der Waals surface area contributed by atoms with Crippen LogP contribution in [0.1, 0.15) is 28.0 Å². The summed E-state index contributed by atoms with van der Waals surface area (Å²) in [7, 11) is 2.53. The first-order valence-corrected chi connectivity index (χ1v) is 11.9. The van der Waals surface area contributed by atoms with Crippen molar-refractivity contribution in [2.75, 3.05) is 14.2 Å². The second-order valence-corrected chi connectivity index (χ2v) is 9.09. The minimum absolute atomic E-state index is 0.124. The molecule has 1 aliphatic heterocycles. The number of ether oxygens (including phenoxy) is 2. The molecule has 4 atom stereocenters. The van der Waals surface area contributed by atoms with E-state index in [9.17, 15) is 18.8 Å². The zero-order chi connectivity index (χ0) is 24.9. The number of carbonyl (C=O) groups is 3. The highest BCUT2D eigenvalue weighted by Crippen LogP contribution is 2.51. The normalized spacial score (nSPS) is 21.4. The Balaban J connectivity index is 1.79. The second kappa shape index (κ2) is 10.7.